The maximum atomic E-state index is 2.53. The van der Waals surface area contributed by atoms with Crippen molar-refractivity contribution in [3.63, 3.8) is 0 Å². The third kappa shape index (κ3) is 6.29. The SMILES string of the molecule is CCCCC1=CC(CC(C)CCC(C)CC)=CCC1C. The standard InChI is InChI=1S/C20H36/c1-6-8-9-20-15-19(13-12-18(20)5)14-17(4)11-10-16(3)7-2/h13,15-18H,6-12,14H2,1-5H3. The summed E-state index contributed by atoms with van der Waals surface area (Å²) in [5.74, 6) is 2.52. The summed E-state index contributed by atoms with van der Waals surface area (Å²) in [5, 5.41) is 0. The zero-order valence-corrected chi connectivity index (χ0v) is 14.5. The molecule has 0 saturated carbocycles. The van der Waals surface area contributed by atoms with E-state index in [0.717, 1.165) is 17.8 Å². The molecular weight excluding hydrogens is 240 g/mol. The number of hydrogen-bond donors (Lipinski definition) is 0. The van der Waals surface area contributed by atoms with Gasteiger partial charge in [-0.1, -0.05) is 83.6 Å². The van der Waals surface area contributed by atoms with Gasteiger partial charge in [0.25, 0.3) is 0 Å². The van der Waals surface area contributed by atoms with Gasteiger partial charge in [-0.2, -0.15) is 0 Å². The summed E-state index contributed by atoms with van der Waals surface area (Å²) in [6, 6.07) is 0. The van der Waals surface area contributed by atoms with Gasteiger partial charge in [-0.25, -0.2) is 0 Å². The molecule has 0 aliphatic heterocycles. The van der Waals surface area contributed by atoms with Gasteiger partial charge in [-0.15, -0.1) is 0 Å². The van der Waals surface area contributed by atoms with Crippen LogP contribution in [-0.4, -0.2) is 0 Å². The molecule has 0 aromatic carbocycles. The molecule has 0 heterocycles. The Balaban J connectivity index is 2.44. The minimum Gasteiger partial charge on any atom is -0.0807 e. The Morgan fingerprint density at radius 3 is 2.50 bits per heavy atom. The van der Waals surface area contributed by atoms with E-state index in [0.29, 0.717) is 0 Å². The average Bonchev–Trinajstić information content (AvgIpc) is 2.45. The molecule has 0 radical (unpaired) electrons. The lowest BCUT2D eigenvalue weighted by Gasteiger charge is -2.22. The molecule has 1 rings (SSSR count). The van der Waals surface area contributed by atoms with Gasteiger partial charge in [-0.05, 0) is 43.4 Å². The molecule has 0 spiro atoms. The highest BCUT2D eigenvalue weighted by Gasteiger charge is 2.15. The van der Waals surface area contributed by atoms with Crippen molar-refractivity contribution >= 4 is 0 Å². The van der Waals surface area contributed by atoms with Gasteiger partial charge in [0.1, 0.15) is 0 Å². The topological polar surface area (TPSA) is 0 Å². The van der Waals surface area contributed by atoms with Crippen LogP contribution in [0.5, 0.6) is 0 Å². The first kappa shape index (κ1) is 17.5. The number of unbranched alkanes of at least 4 members (excludes halogenated alkanes) is 1. The van der Waals surface area contributed by atoms with E-state index in [1.807, 2.05) is 0 Å². The molecule has 0 aromatic rings. The highest BCUT2D eigenvalue weighted by Crippen LogP contribution is 2.31. The van der Waals surface area contributed by atoms with Crippen LogP contribution in [0.3, 0.4) is 0 Å². The summed E-state index contributed by atoms with van der Waals surface area (Å²) in [5.41, 5.74) is 3.32. The van der Waals surface area contributed by atoms with Gasteiger partial charge in [0.2, 0.25) is 0 Å². The van der Waals surface area contributed by atoms with Crippen LogP contribution < -0.4 is 0 Å². The Bertz CT molecular complexity index is 321. The summed E-state index contributed by atoms with van der Waals surface area (Å²) in [6.45, 7) is 11.8. The van der Waals surface area contributed by atoms with Crippen molar-refractivity contribution in [1.82, 2.24) is 0 Å². The van der Waals surface area contributed by atoms with Crippen LogP contribution in [0.1, 0.15) is 86.0 Å². The molecule has 0 bridgehead atoms. The predicted molar refractivity (Wildman–Crippen MR) is 91.9 cm³/mol. The molecule has 20 heavy (non-hydrogen) atoms. The summed E-state index contributed by atoms with van der Waals surface area (Å²) in [6.07, 6.45) is 15.7. The van der Waals surface area contributed by atoms with Crippen LogP contribution in [0.25, 0.3) is 0 Å². The van der Waals surface area contributed by atoms with Crippen molar-refractivity contribution in [1.29, 1.82) is 0 Å². The molecule has 0 N–H and O–H groups in total. The Kier molecular flexibility index (Phi) is 8.26. The van der Waals surface area contributed by atoms with Crippen molar-refractivity contribution in [3.05, 3.63) is 23.3 Å². The van der Waals surface area contributed by atoms with E-state index in [2.05, 4.69) is 46.8 Å². The lowest BCUT2D eigenvalue weighted by atomic mass is 9.83. The smallest absolute Gasteiger partial charge is 0.0194 e. The van der Waals surface area contributed by atoms with E-state index < -0.39 is 0 Å². The normalized spacial score (nSPS) is 22.1. The van der Waals surface area contributed by atoms with Crippen LogP contribution in [-0.2, 0) is 0 Å². The minimum atomic E-state index is 0.778. The van der Waals surface area contributed by atoms with Crippen molar-refractivity contribution in [3.8, 4) is 0 Å². The summed E-state index contributed by atoms with van der Waals surface area (Å²) >= 11 is 0. The van der Waals surface area contributed by atoms with Crippen molar-refractivity contribution in [2.45, 2.75) is 86.0 Å². The first-order chi connectivity index (χ1) is 9.56. The largest absolute Gasteiger partial charge is 0.0807 e. The highest BCUT2D eigenvalue weighted by molar-refractivity contribution is 5.29. The highest BCUT2D eigenvalue weighted by atomic mass is 14.2. The lowest BCUT2D eigenvalue weighted by molar-refractivity contribution is 0.421. The van der Waals surface area contributed by atoms with Gasteiger partial charge >= 0.3 is 0 Å². The molecule has 0 heteroatoms. The Labute approximate surface area is 127 Å². The fourth-order valence-corrected chi connectivity index (χ4v) is 3.04. The molecule has 3 atom stereocenters. The molecule has 0 amide bonds. The summed E-state index contributed by atoms with van der Waals surface area (Å²) in [4.78, 5) is 0. The average molecular weight is 277 g/mol. The molecule has 0 nitrogen and oxygen atoms in total. The molecule has 1 aliphatic rings. The van der Waals surface area contributed by atoms with Crippen LogP contribution in [0.2, 0.25) is 0 Å². The maximum Gasteiger partial charge on any atom is -0.0194 e. The second-order valence-corrected chi connectivity index (χ2v) is 7.14. The Morgan fingerprint density at radius 2 is 1.85 bits per heavy atom. The third-order valence-electron chi connectivity index (χ3n) is 4.99. The monoisotopic (exact) mass is 276 g/mol. The first-order valence-electron chi connectivity index (χ1n) is 8.96. The van der Waals surface area contributed by atoms with Crippen molar-refractivity contribution in [2.24, 2.45) is 17.8 Å². The summed E-state index contributed by atoms with van der Waals surface area (Å²) in [7, 11) is 0. The molecule has 0 saturated heterocycles. The molecule has 3 unspecified atom stereocenters. The fraction of sp³-hybridized carbons (Fsp3) is 0.800. The molecule has 1 aliphatic carbocycles. The van der Waals surface area contributed by atoms with Crippen molar-refractivity contribution < 1.29 is 0 Å². The van der Waals surface area contributed by atoms with E-state index in [1.165, 1.54) is 51.4 Å². The second-order valence-electron chi connectivity index (χ2n) is 7.14. The van der Waals surface area contributed by atoms with Crippen LogP contribution in [0.15, 0.2) is 23.3 Å². The summed E-state index contributed by atoms with van der Waals surface area (Å²) < 4.78 is 0. The molecular formula is C20H36. The maximum absolute atomic E-state index is 2.53. The van der Waals surface area contributed by atoms with Gasteiger partial charge in [0.15, 0.2) is 0 Å². The van der Waals surface area contributed by atoms with Gasteiger partial charge in [-0.3, -0.25) is 0 Å². The molecule has 0 fully saturated rings. The third-order valence-corrected chi connectivity index (χ3v) is 4.99. The Morgan fingerprint density at radius 1 is 1.15 bits per heavy atom. The fourth-order valence-electron chi connectivity index (χ4n) is 3.04. The molecule has 116 valence electrons. The van der Waals surface area contributed by atoms with E-state index in [9.17, 15) is 0 Å². The van der Waals surface area contributed by atoms with Gasteiger partial charge in [0, 0.05) is 0 Å². The minimum absolute atomic E-state index is 0.778. The van der Waals surface area contributed by atoms with Gasteiger partial charge in [0.05, 0.1) is 0 Å². The predicted octanol–water partition coefficient (Wildman–Crippen LogP) is 6.92. The van der Waals surface area contributed by atoms with E-state index in [1.54, 1.807) is 11.1 Å². The molecule has 0 aromatic heterocycles. The quantitative estimate of drug-likeness (QED) is 0.428. The van der Waals surface area contributed by atoms with E-state index in [4.69, 9.17) is 0 Å². The van der Waals surface area contributed by atoms with Crippen LogP contribution in [0, 0.1) is 17.8 Å². The number of rotatable bonds is 9. The zero-order valence-electron chi connectivity index (χ0n) is 14.5. The van der Waals surface area contributed by atoms with Gasteiger partial charge < -0.3 is 0 Å². The van der Waals surface area contributed by atoms with Crippen LogP contribution >= 0.6 is 0 Å². The number of allylic oxidation sites excluding steroid dienone is 4. The van der Waals surface area contributed by atoms with E-state index in [-0.39, 0.29) is 0 Å². The zero-order chi connectivity index (χ0) is 15.0. The second kappa shape index (κ2) is 9.42. The van der Waals surface area contributed by atoms with Crippen molar-refractivity contribution in [2.75, 3.05) is 0 Å². The Hall–Kier alpha value is -0.520. The van der Waals surface area contributed by atoms with Crippen LogP contribution in [0.4, 0.5) is 0 Å². The lowest BCUT2D eigenvalue weighted by Crippen LogP contribution is -2.07. The van der Waals surface area contributed by atoms with E-state index >= 15 is 0 Å². The first-order valence-corrected chi connectivity index (χ1v) is 8.96. The number of hydrogen-bond acceptors (Lipinski definition) is 0.